The lowest BCUT2D eigenvalue weighted by Crippen LogP contribution is -2.16. The first-order chi connectivity index (χ1) is 40.7. The van der Waals surface area contributed by atoms with Gasteiger partial charge < -0.3 is 20.1 Å². The summed E-state index contributed by atoms with van der Waals surface area (Å²) in [4.78, 5) is 23.7. The molecule has 0 aliphatic heterocycles. The molecular formula is C67H55Cl3N8O5S2. The number of aliphatic hydroxyl groups is 1. The third kappa shape index (κ3) is 15.5. The second kappa shape index (κ2) is 25.5. The number of aromatic nitrogens is 6. The topological polar surface area (TPSA) is 213 Å². The number of nitrogens with zero attached hydrogens (tertiary/aromatic N) is 3. The van der Waals surface area contributed by atoms with Gasteiger partial charge in [-0.2, -0.15) is 0 Å². The van der Waals surface area contributed by atoms with Gasteiger partial charge in [-0.15, -0.1) is 0 Å². The van der Waals surface area contributed by atoms with Gasteiger partial charge in [0.15, 0.2) is 0 Å². The highest BCUT2D eigenvalue weighted by Gasteiger charge is 2.21. The minimum Gasteiger partial charge on any atom is -0.386 e. The van der Waals surface area contributed by atoms with Crippen molar-refractivity contribution in [3.63, 3.8) is 0 Å². The van der Waals surface area contributed by atoms with E-state index in [1.165, 1.54) is 6.07 Å². The van der Waals surface area contributed by atoms with Crippen LogP contribution >= 0.6 is 34.8 Å². The van der Waals surface area contributed by atoms with E-state index >= 15 is 0 Å². The Bertz CT molecular complexity index is 4700. The number of hydrogen-bond donors (Lipinski definition) is 6. The zero-order valence-corrected chi connectivity index (χ0v) is 49.9. The number of nitrogens with two attached hydrogens (primary N) is 1. The van der Waals surface area contributed by atoms with Gasteiger partial charge in [0.1, 0.15) is 17.5 Å². The number of benzene rings is 9. The molecular weight excluding hydrogens is 1170 g/mol. The van der Waals surface area contributed by atoms with Crippen LogP contribution in [-0.4, -0.2) is 58.1 Å². The lowest BCUT2D eigenvalue weighted by Gasteiger charge is -2.21. The highest BCUT2D eigenvalue weighted by atomic mass is 35.5. The fourth-order valence-electron chi connectivity index (χ4n) is 9.32. The summed E-state index contributed by atoms with van der Waals surface area (Å²) in [6.45, 7) is 3.61. The third-order valence-corrected chi connectivity index (χ3v) is 15.7. The van der Waals surface area contributed by atoms with Crippen molar-refractivity contribution < 1.29 is 21.9 Å². The van der Waals surface area contributed by atoms with Crippen LogP contribution in [0.3, 0.4) is 0 Å². The number of primary sulfonamides is 1. The molecule has 9 aromatic carbocycles. The summed E-state index contributed by atoms with van der Waals surface area (Å²) >= 11 is 17.7. The first-order valence-electron chi connectivity index (χ1n) is 26.5. The van der Waals surface area contributed by atoms with E-state index in [0.29, 0.717) is 27.1 Å². The number of halogens is 3. The van der Waals surface area contributed by atoms with Crippen LogP contribution in [0.25, 0.3) is 103 Å². The number of nitrogens with one attached hydrogen (secondary N) is 4. The molecule has 12 rings (SSSR count). The molecule has 0 aliphatic rings. The van der Waals surface area contributed by atoms with E-state index in [9.17, 15) is 21.9 Å². The van der Waals surface area contributed by atoms with Gasteiger partial charge in [-0.05, 0) is 162 Å². The third-order valence-electron chi connectivity index (χ3n) is 13.3. The molecule has 12 aromatic rings. The van der Waals surface area contributed by atoms with Crippen LogP contribution in [-0.2, 0) is 25.6 Å². The van der Waals surface area contributed by atoms with Crippen LogP contribution in [0.2, 0.25) is 15.1 Å². The van der Waals surface area contributed by atoms with Gasteiger partial charge in [0, 0.05) is 26.2 Å². The zero-order valence-electron chi connectivity index (χ0n) is 46.0. The van der Waals surface area contributed by atoms with Crippen LogP contribution in [0.1, 0.15) is 53.6 Å². The molecule has 0 spiro atoms. The minimum absolute atomic E-state index is 0.0942. The Kier molecular flexibility index (Phi) is 17.8. The predicted octanol–water partition coefficient (Wildman–Crippen LogP) is 16.4. The highest BCUT2D eigenvalue weighted by molar-refractivity contribution is 7.92. The number of fused-ring (bicyclic) bond motifs is 3. The monoisotopic (exact) mass is 1220 g/mol. The molecule has 0 bridgehead atoms. The van der Waals surface area contributed by atoms with E-state index in [0.717, 1.165) is 106 Å². The fourth-order valence-corrected chi connectivity index (χ4v) is 11.0. The van der Waals surface area contributed by atoms with Crippen molar-refractivity contribution in [2.45, 2.75) is 24.3 Å². The van der Waals surface area contributed by atoms with Crippen LogP contribution in [0.5, 0.6) is 0 Å². The maximum absolute atomic E-state index is 11.9. The van der Waals surface area contributed by atoms with Crippen molar-refractivity contribution in [2.24, 2.45) is 5.14 Å². The van der Waals surface area contributed by atoms with Crippen molar-refractivity contribution in [3.8, 4) is 33.4 Å². The SMILES string of the molecule is CC(C)(O)c1ccccc1-c1ccc2nc(/C=C/c3ccc(Cl)cc3)[nH]c2c1.CS(=O)(=O)Nc1ccccc1-c1ccc2nc(/C=C/c3ccc(Cl)cc3)[nH]c2c1.NS(=O)(=O)c1ccccc1-c1ccc2nc(/C=C/c3ccc(Cl)cc3)[nH]c2c1. The molecule has 85 heavy (non-hydrogen) atoms. The van der Waals surface area contributed by atoms with Crippen LogP contribution in [0, 0.1) is 0 Å². The van der Waals surface area contributed by atoms with Crippen LogP contribution in [0.4, 0.5) is 5.69 Å². The molecule has 0 atom stereocenters. The lowest BCUT2D eigenvalue weighted by atomic mass is 9.89. The summed E-state index contributed by atoms with van der Waals surface area (Å²) < 4.78 is 49.7. The van der Waals surface area contributed by atoms with E-state index in [-0.39, 0.29) is 4.90 Å². The minimum atomic E-state index is -3.82. The summed E-state index contributed by atoms with van der Waals surface area (Å²) in [6.07, 6.45) is 12.8. The van der Waals surface area contributed by atoms with E-state index < -0.39 is 25.6 Å². The number of imidazole rings is 3. The van der Waals surface area contributed by atoms with Crippen molar-refractivity contribution in [2.75, 3.05) is 11.0 Å². The smallest absolute Gasteiger partial charge is 0.238 e. The molecule has 0 radical (unpaired) electrons. The average molecular weight is 1220 g/mol. The van der Waals surface area contributed by atoms with E-state index in [1.54, 1.807) is 44.2 Å². The molecule has 3 heterocycles. The normalized spacial score (nSPS) is 12.0. The first kappa shape index (κ1) is 59.3. The number of para-hydroxylation sites is 1. The Balaban J connectivity index is 0.000000142. The fraction of sp³-hybridized carbons (Fsp3) is 0.0597. The Hall–Kier alpha value is -8.90. The molecule has 0 amide bonds. The summed E-state index contributed by atoms with van der Waals surface area (Å²) in [6, 6.07) is 62.1. The maximum atomic E-state index is 11.9. The number of rotatable bonds is 13. The number of aromatic amines is 3. The molecule has 18 heteroatoms. The standard InChI is InChI=1S/C24H21ClN2O.C22H18ClN3O2S.C21H16ClN3O2S/c1-24(2,28)20-6-4-3-5-19(20)17-10-13-21-22(15-17)27-23(26-21)14-9-16-7-11-18(25)12-8-16;1-29(27,28)26-19-5-3-2-4-18(19)16-9-12-20-21(14-16)25-22(24-20)13-8-15-6-10-17(23)11-7-15;22-16-9-5-14(6-10-16)7-12-21-24-18-11-8-15(13-19(18)25-21)17-3-1-2-4-20(17)28(23,26)27/h3-15,28H,1-2H3,(H,26,27);2-14,26H,1H3,(H,24,25);1-13H,(H,24,25)(H2,23,26,27)/b14-9+;13-8+;12-7+. The number of hydrogen-bond acceptors (Lipinski definition) is 8. The van der Waals surface area contributed by atoms with Crippen LogP contribution in [0.15, 0.2) is 205 Å². The molecule has 7 N–H and O–H groups in total. The number of sulfonamides is 2. The zero-order chi connectivity index (χ0) is 59.9. The highest BCUT2D eigenvalue weighted by Crippen LogP contribution is 2.35. The second-order valence-electron chi connectivity index (χ2n) is 20.3. The van der Waals surface area contributed by atoms with Crippen molar-refractivity contribution in [1.29, 1.82) is 0 Å². The van der Waals surface area contributed by atoms with Gasteiger partial charge in [-0.25, -0.2) is 36.9 Å². The number of anilines is 1. The molecule has 13 nitrogen and oxygen atoms in total. The molecule has 0 unspecified atom stereocenters. The quantitative estimate of drug-likeness (QED) is 0.0652. The summed E-state index contributed by atoms with van der Waals surface area (Å²) in [7, 11) is -7.19. The molecule has 426 valence electrons. The van der Waals surface area contributed by atoms with Gasteiger partial charge in [0.2, 0.25) is 20.0 Å². The maximum Gasteiger partial charge on any atom is 0.238 e. The summed E-state index contributed by atoms with van der Waals surface area (Å²) in [5.74, 6) is 2.22. The van der Waals surface area contributed by atoms with E-state index in [2.05, 4.69) is 40.7 Å². The van der Waals surface area contributed by atoms with Crippen molar-refractivity contribution in [3.05, 3.63) is 255 Å². The molecule has 0 saturated carbocycles. The first-order valence-corrected chi connectivity index (χ1v) is 31.1. The Labute approximate surface area is 507 Å². The summed E-state index contributed by atoms with van der Waals surface area (Å²) in [5.41, 5.74) is 13.8. The molecule has 0 aliphatic carbocycles. The van der Waals surface area contributed by atoms with Gasteiger partial charge in [-0.3, -0.25) is 4.72 Å². The van der Waals surface area contributed by atoms with Gasteiger partial charge in [0.25, 0.3) is 0 Å². The van der Waals surface area contributed by atoms with E-state index in [1.807, 2.05) is 194 Å². The summed E-state index contributed by atoms with van der Waals surface area (Å²) in [5, 5.41) is 18.0. The van der Waals surface area contributed by atoms with Crippen molar-refractivity contribution >= 4 is 130 Å². The van der Waals surface area contributed by atoms with E-state index in [4.69, 9.17) is 39.9 Å². The molecule has 0 fully saturated rings. The van der Waals surface area contributed by atoms with Gasteiger partial charge in [-0.1, -0.05) is 168 Å². The molecule has 0 saturated heterocycles. The van der Waals surface area contributed by atoms with Gasteiger partial charge >= 0.3 is 0 Å². The van der Waals surface area contributed by atoms with Crippen molar-refractivity contribution in [1.82, 2.24) is 29.9 Å². The number of H-pyrrole nitrogens is 3. The molecule has 3 aromatic heterocycles. The van der Waals surface area contributed by atoms with Crippen LogP contribution < -0.4 is 9.86 Å². The average Bonchev–Trinajstić information content (AvgIpc) is 3.02. The lowest BCUT2D eigenvalue weighted by molar-refractivity contribution is 0.0792. The Morgan fingerprint density at radius 3 is 1.21 bits per heavy atom. The predicted molar refractivity (Wildman–Crippen MR) is 351 cm³/mol. The largest absolute Gasteiger partial charge is 0.386 e. The second-order valence-corrected chi connectivity index (χ2v) is 24.9. The van der Waals surface area contributed by atoms with Gasteiger partial charge in [0.05, 0.1) is 55.5 Å². The Morgan fingerprint density at radius 1 is 0.459 bits per heavy atom. The Morgan fingerprint density at radius 2 is 0.812 bits per heavy atom.